The quantitative estimate of drug-likeness (QED) is 0.488. The number of hydrogen-bond donors (Lipinski definition) is 2. The smallest absolute Gasteiger partial charge is 0.251 e. The molecule has 37 heavy (non-hydrogen) atoms. The third-order valence-electron chi connectivity index (χ3n) is 7.24. The molecule has 2 aromatic heterocycles. The van der Waals surface area contributed by atoms with E-state index < -0.39 is 5.92 Å². The lowest BCUT2D eigenvalue weighted by Gasteiger charge is -2.40. The monoisotopic (exact) mass is 510 g/mol. The van der Waals surface area contributed by atoms with Crippen molar-refractivity contribution in [3.63, 3.8) is 0 Å². The zero-order chi connectivity index (χ0) is 25.7. The summed E-state index contributed by atoms with van der Waals surface area (Å²) in [7, 11) is 1.53. The summed E-state index contributed by atoms with van der Waals surface area (Å²) in [5, 5.41) is 14.5. The van der Waals surface area contributed by atoms with Gasteiger partial charge in [0.05, 0.1) is 25.0 Å². The van der Waals surface area contributed by atoms with Gasteiger partial charge in [-0.1, -0.05) is 6.92 Å². The second kappa shape index (κ2) is 8.93. The number of benzene rings is 1. The number of rotatable bonds is 7. The molecule has 10 nitrogen and oxygen atoms in total. The molecule has 0 bridgehead atoms. The summed E-state index contributed by atoms with van der Waals surface area (Å²) in [6.07, 6.45) is 5.89. The third kappa shape index (κ3) is 4.34. The summed E-state index contributed by atoms with van der Waals surface area (Å²) in [5.41, 5.74) is 1.72. The highest BCUT2D eigenvalue weighted by Crippen LogP contribution is 2.46. The number of alkyl halides is 2. The van der Waals surface area contributed by atoms with E-state index in [0.717, 1.165) is 12.8 Å². The largest absolute Gasteiger partial charge is 0.495 e. The van der Waals surface area contributed by atoms with Crippen molar-refractivity contribution in [2.45, 2.75) is 69.5 Å². The number of halogens is 2. The van der Waals surface area contributed by atoms with Crippen molar-refractivity contribution < 1.29 is 18.3 Å². The van der Waals surface area contributed by atoms with Crippen LogP contribution in [0.4, 0.5) is 26.2 Å². The second-order valence-corrected chi connectivity index (χ2v) is 9.83. The number of hydrogen-bond acceptors (Lipinski definition) is 8. The molecule has 0 saturated heterocycles. The molecule has 3 aromatic rings. The van der Waals surface area contributed by atoms with Gasteiger partial charge in [-0.25, -0.2) is 13.8 Å². The van der Waals surface area contributed by atoms with Crippen molar-refractivity contribution in [1.29, 1.82) is 0 Å². The SMILES string of the molecule is CCC1c2nncn2-c2cnc(Nc3ccc(C(=O)NC4CC4)cc3OC)nc2N1[C@@H]1CCC(F)(F)C1. The average Bonchev–Trinajstić information content (AvgIpc) is 3.43. The molecule has 1 aliphatic heterocycles. The molecule has 6 rings (SSSR count). The molecule has 1 amide bonds. The minimum atomic E-state index is -2.71. The molecule has 0 radical (unpaired) electrons. The first-order valence-corrected chi connectivity index (χ1v) is 12.6. The number of fused-ring (bicyclic) bond motifs is 3. The van der Waals surface area contributed by atoms with Gasteiger partial charge in [-0.2, -0.15) is 4.98 Å². The Labute approximate surface area is 212 Å². The van der Waals surface area contributed by atoms with Gasteiger partial charge in [0.25, 0.3) is 5.91 Å². The Morgan fingerprint density at radius 3 is 2.81 bits per heavy atom. The zero-order valence-electron chi connectivity index (χ0n) is 20.6. The zero-order valence-corrected chi connectivity index (χ0v) is 20.6. The van der Waals surface area contributed by atoms with Crippen LogP contribution in [0.15, 0.2) is 30.7 Å². The first kappa shape index (κ1) is 23.6. The van der Waals surface area contributed by atoms with E-state index in [9.17, 15) is 13.6 Å². The van der Waals surface area contributed by atoms with Crippen LogP contribution in [0.25, 0.3) is 5.69 Å². The van der Waals surface area contributed by atoms with Crippen LogP contribution >= 0.6 is 0 Å². The lowest BCUT2D eigenvalue weighted by molar-refractivity contribution is 0.00745. The highest BCUT2D eigenvalue weighted by molar-refractivity contribution is 5.95. The maximum absolute atomic E-state index is 14.3. The van der Waals surface area contributed by atoms with Gasteiger partial charge in [0.2, 0.25) is 11.9 Å². The summed E-state index contributed by atoms with van der Waals surface area (Å²) < 4.78 is 35.9. The Morgan fingerprint density at radius 2 is 2.11 bits per heavy atom. The number of aromatic nitrogens is 5. The predicted molar refractivity (Wildman–Crippen MR) is 132 cm³/mol. The van der Waals surface area contributed by atoms with E-state index in [1.54, 1.807) is 30.7 Å². The van der Waals surface area contributed by atoms with Gasteiger partial charge >= 0.3 is 0 Å². The summed E-state index contributed by atoms with van der Waals surface area (Å²) in [6, 6.07) is 4.75. The first-order valence-electron chi connectivity index (χ1n) is 12.6. The van der Waals surface area contributed by atoms with Crippen molar-refractivity contribution >= 4 is 23.4 Å². The van der Waals surface area contributed by atoms with Crippen LogP contribution < -0.4 is 20.3 Å². The Morgan fingerprint density at radius 1 is 1.27 bits per heavy atom. The van der Waals surface area contributed by atoms with Crippen molar-refractivity contribution in [1.82, 2.24) is 30.0 Å². The van der Waals surface area contributed by atoms with Gasteiger partial charge < -0.3 is 20.3 Å². The van der Waals surface area contributed by atoms with Gasteiger partial charge in [-0.05, 0) is 43.9 Å². The normalized spacial score (nSPS) is 21.8. The van der Waals surface area contributed by atoms with E-state index in [4.69, 9.17) is 9.72 Å². The van der Waals surface area contributed by atoms with Crippen molar-refractivity contribution in [3.8, 4) is 11.4 Å². The molecule has 1 aromatic carbocycles. The highest BCUT2D eigenvalue weighted by atomic mass is 19.3. The fraction of sp³-hybridized carbons (Fsp3) is 0.480. The van der Waals surface area contributed by atoms with E-state index >= 15 is 0 Å². The van der Waals surface area contributed by atoms with Crippen LogP contribution in [0.3, 0.4) is 0 Å². The average molecular weight is 511 g/mol. The predicted octanol–water partition coefficient (Wildman–Crippen LogP) is 4.16. The van der Waals surface area contributed by atoms with Crippen molar-refractivity contribution in [2.75, 3.05) is 17.3 Å². The molecule has 2 saturated carbocycles. The first-order chi connectivity index (χ1) is 17.9. The Kier molecular flexibility index (Phi) is 5.68. The summed E-state index contributed by atoms with van der Waals surface area (Å²) in [5.74, 6) is -0.854. The molecule has 2 aliphatic carbocycles. The van der Waals surface area contributed by atoms with Crippen molar-refractivity contribution in [2.24, 2.45) is 0 Å². The Balaban J connectivity index is 1.34. The molecular weight excluding hydrogens is 482 g/mol. The fourth-order valence-electron chi connectivity index (χ4n) is 5.24. The molecule has 3 heterocycles. The number of nitrogens with one attached hydrogen (secondary N) is 2. The van der Waals surface area contributed by atoms with E-state index in [1.807, 2.05) is 16.4 Å². The maximum atomic E-state index is 14.3. The third-order valence-corrected chi connectivity index (χ3v) is 7.24. The van der Waals surface area contributed by atoms with Crippen molar-refractivity contribution in [3.05, 3.63) is 42.1 Å². The highest BCUT2D eigenvalue weighted by Gasteiger charge is 2.46. The van der Waals surface area contributed by atoms with Gasteiger partial charge in [0.1, 0.15) is 17.8 Å². The Hall–Kier alpha value is -3.83. The molecule has 2 N–H and O–H groups in total. The van der Waals surface area contributed by atoms with Crippen LogP contribution in [0.5, 0.6) is 5.75 Å². The summed E-state index contributed by atoms with van der Waals surface area (Å²) in [4.78, 5) is 23.7. The van der Waals surface area contributed by atoms with E-state index in [-0.39, 0.29) is 42.8 Å². The topological polar surface area (TPSA) is 110 Å². The molecule has 194 valence electrons. The number of carbonyl (C=O) groups is 1. The number of nitrogens with zero attached hydrogens (tertiary/aromatic N) is 6. The lowest BCUT2D eigenvalue weighted by Crippen LogP contribution is -2.42. The van der Waals surface area contributed by atoms with E-state index in [1.165, 1.54) is 7.11 Å². The van der Waals surface area contributed by atoms with E-state index in [0.29, 0.717) is 47.2 Å². The number of methoxy groups -OCH3 is 1. The molecule has 2 fully saturated rings. The lowest BCUT2D eigenvalue weighted by atomic mass is 10.0. The van der Waals surface area contributed by atoms with Crippen LogP contribution in [-0.4, -0.2) is 55.8 Å². The Bertz CT molecular complexity index is 1340. The molecule has 0 spiro atoms. The second-order valence-electron chi connectivity index (χ2n) is 9.83. The van der Waals surface area contributed by atoms with Crippen LogP contribution in [-0.2, 0) is 0 Å². The molecule has 3 aliphatic rings. The van der Waals surface area contributed by atoms with E-state index in [2.05, 4.69) is 25.8 Å². The van der Waals surface area contributed by atoms with Gasteiger partial charge in [0, 0.05) is 30.5 Å². The molecule has 1 unspecified atom stereocenters. The molecule has 2 atom stereocenters. The standard InChI is InChI=1S/C25H28F2N8O2/c1-3-18-22-33-29-13-34(22)19-12-28-24(32-21(19)35(18)16-8-9-25(26,27)11-16)31-17-7-4-14(10-20(17)37-2)23(36)30-15-5-6-15/h4,7,10,12-13,15-16,18H,3,5-6,8-9,11H2,1-2H3,(H,30,36)(H,28,31,32)/t16-,18?/m1/s1. The number of anilines is 3. The molecule has 12 heteroatoms. The van der Waals surface area contributed by atoms with Crippen LogP contribution in [0, 0.1) is 0 Å². The molecular formula is C25H28F2N8O2. The van der Waals surface area contributed by atoms with Crippen LogP contribution in [0.2, 0.25) is 0 Å². The number of amides is 1. The summed E-state index contributed by atoms with van der Waals surface area (Å²) >= 11 is 0. The minimum absolute atomic E-state index is 0.142. The van der Waals surface area contributed by atoms with Gasteiger partial charge in [-0.15, -0.1) is 10.2 Å². The number of carbonyl (C=O) groups excluding carboxylic acids is 1. The minimum Gasteiger partial charge on any atom is -0.495 e. The fourth-order valence-corrected chi connectivity index (χ4v) is 5.24. The maximum Gasteiger partial charge on any atom is 0.251 e. The van der Waals surface area contributed by atoms with Gasteiger partial charge in [0.15, 0.2) is 11.6 Å². The number of ether oxygens (including phenoxy) is 1. The summed E-state index contributed by atoms with van der Waals surface area (Å²) in [6.45, 7) is 2.00. The van der Waals surface area contributed by atoms with Crippen LogP contribution in [0.1, 0.15) is 67.7 Å². The van der Waals surface area contributed by atoms with Gasteiger partial charge in [-0.3, -0.25) is 9.36 Å².